The Hall–Kier alpha value is -0.190. The van der Waals surface area contributed by atoms with E-state index in [1.165, 1.54) is 18.2 Å². The molecule has 1 rings (SSSR count). The molecule has 0 amide bonds. The Balaban J connectivity index is 2.56. The molecular formula is C10H14BrClN2O4S2. The fourth-order valence-electron chi connectivity index (χ4n) is 1.28. The maximum Gasteiger partial charge on any atom is 0.240 e. The first kappa shape index (κ1) is 17.9. The third-order valence-corrected chi connectivity index (χ3v) is 5.61. The lowest BCUT2D eigenvalue weighted by molar-refractivity contribution is 0.575. The molecule has 0 aromatic heterocycles. The third-order valence-electron chi connectivity index (χ3n) is 2.21. The zero-order valence-electron chi connectivity index (χ0n) is 10.6. The molecule has 10 heteroatoms. The molecule has 6 nitrogen and oxygen atoms in total. The molecule has 1 aromatic carbocycles. The molecule has 0 heterocycles. The normalized spacial score (nSPS) is 12.6. The molecule has 0 aliphatic heterocycles. The van der Waals surface area contributed by atoms with Gasteiger partial charge in [0.2, 0.25) is 20.0 Å². The summed E-state index contributed by atoms with van der Waals surface area (Å²) in [5.74, 6) is 0. The monoisotopic (exact) mass is 404 g/mol. The van der Waals surface area contributed by atoms with E-state index in [0.29, 0.717) is 15.9 Å². The van der Waals surface area contributed by atoms with Crippen molar-refractivity contribution in [2.45, 2.75) is 11.3 Å². The second-order valence-electron chi connectivity index (χ2n) is 3.99. The largest absolute Gasteiger partial charge is 0.240 e. The Kier molecular flexibility index (Phi) is 6.42. The van der Waals surface area contributed by atoms with E-state index in [9.17, 15) is 16.8 Å². The summed E-state index contributed by atoms with van der Waals surface area (Å²) >= 11 is 8.94. The smallest absolute Gasteiger partial charge is 0.215 e. The third kappa shape index (κ3) is 6.06. The van der Waals surface area contributed by atoms with Gasteiger partial charge in [0, 0.05) is 17.6 Å². The number of benzene rings is 1. The lowest BCUT2D eigenvalue weighted by Crippen LogP contribution is -2.29. The molecule has 0 fully saturated rings. The van der Waals surface area contributed by atoms with Crippen LogP contribution in [0.5, 0.6) is 0 Å². The number of rotatable bonds is 7. The summed E-state index contributed by atoms with van der Waals surface area (Å²) in [5, 5.41) is 0.418. The van der Waals surface area contributed by atoms with Crippen LogP contribution in [0.3, 0.4) is 0 Å². The number of halogens is 2. The minimum absolute atomic E-state index is 0.0878. The second-order valence-corrected chi connectivity index (χ2v) is 8.86. The maximum absolute atomic E-state index is 11.9. The van der Waals surface area contributed by atoms with Crippen molar-refractivity contribution in [3.05, 3.63) is 27.7 Å². The van der Waals surface area contributed by atoms with Crippen LogP contribution in [-0.4, -0.2) is 36.2 Å². The Labute approximate surface area is 132 Å². The standard InChI is InChI=1S/C10H14BrClN2O4S2/c1-19(15,16)13-5-2-6-14-20(17,18)8-3-4-10(12)9(11)7-8/h3-4,7,13-14H,2,5-6H2,1H3. The average Bonchev–Trinajstić information content (AvgIpc) is 2.30. The van der Waals surface area contributed by atoms with E-state index in [2.05, 4.69) is 25.4 Å². The van der Waals surface area contributed by atoms with Crippen LogP contribution in [0.15, 0.2) is 27.6 Å². The Morgan fingerprint density at radius 3 is 2.30 bits per heavy atom. The van der Waals surface area contributed by atoms with Crippen molar-refractivity contribution in [3.63, 3.8) is 0 Å². The van der Waals surface area contributed by atoms with Crippen LogP contribution in [-0.2, 0) is 20.0 Å². The van der Waals surface area contributed by atoms with Crippen LogP contribution in [0.25, 0.3) is 0 Å². The molecule has 0 bridgehead atoms. The molecule has 0 atom stereocenters. The molecule has 0 unspecified atom stereocenters. The van der Waals surface area contributed by atoms with Gasteiger partial charge < -0.3 is 0 Å². The van der Waals surface area contributed by atoms with Crippen molar-refractivity contribution in [1.29, 1.82) is 0 Å². The summed E-state index contributed by atoms with van der Waals surface area (Å²) in [7, 11) is -6.88. The Bertz CT molecular complexity index is 676. The van der Waals surface area contributed by atoms with Crippen molar-refractivity contribution in [2.24, 2.45) is 0 Å². The summed E-state index contributed by atoms with van der Waals surface area (Å²) in [6.07, 6.45) is 1.39. The van der Waals surface area contributed by atoms with Gasteiger partial charge in [0.15, 0.2) is 0 Å². The van der Waals surface area contributed by atoms with E-state index in [0.717, 1.165) is 6.26 Å². The molecule has 114 valence electrons. The summed E-state index contributed by atoms with van der Waals surface area (Å²) in [6.45, 7) is 0.302. The molecule has 0 aliphatic carbocycles. The first-order chi connectivity index (χ1) is 9.12. The molecule has 2 N–H and O–H groups in total. The van der Waals surface area contributed by atoms with Gasteiger partial charge in [0.05, 0.1) is 16.2 Å². The lowest BCUT2D eigenvalue weighted by Gasteiger charge is -2.08. The van der Waals surface area contributed by atoms with Gasteiger partial charge in [0.25, 0.3) is 0 Å². The van der Waals surface area contributed by atoms with Gasteiger partial charge in [-0.2, -0.15) is 0 Å². The maximum atomic E-state index is 11.9. The van der Waals surface area contributed by atoms with Crippen LogP contribution in [0.2, 0.25) is 5.02 Å². The highest BCUT2D eigenvalue weighted by Gasteiger charge is 2.14. The summed E-state index contributed by atoms with van der Waals surface area (Å²) in [4.78, 5) is 0.0878. The van der Waals surface area contributed by atoms with Gasteiger partial charge in [-0.05, 0) is 40.5 Å². The molecule has 0 spiro atoms. The highest BCUT2D eigenvalue weighted by molar-refractivity contribution is 9.10. The molecule has 0 radical (unpaired) electrons. The quantitative estimate of drug-likeness (QED) is 0.669. The van der Waals surface area contributed by atoms with E-state index in [1.807, 2.05) is 0 Å². The SMILES string of the molecule is CS(=O)(=O)NCCCNS(=O)(=O)c1ccc(Cl)c(Br)c1. The molecular weight excluding hydrogens is 392 g/mol. The molecule has 0 saturated carbocycles. The van der Waals surface area contributed by atoms with Crippen LogP contribution >= 0.6 is 27.5 Å². The van der Waals surface area contributed by atoms with Gasteiger partial charge in [0.1, 0.15) is 0 Å². The predicted octanol–water partition coefficient (Wildman–Crippen LogP) is 1.32. The first-order valence-electron chi connectivity index (χ1n) is 5.51. The number of nitrogens with one attached hydrogen (secondary N) is 2. The summed E-state index contributed by atoms with van der Waals surface area (Å²) in [6, 6.07) is 4.27. The highest BCUT2D eigenvalue weighted by Crippen LogP contribution is 2.25. The molecule has 1 aromatic rings. The molecule has 0 aliphatic rings. The highest BCUT2D eigenvalue weighted by atomic mass is 79.9. The van der Waals surface area contributed by atoms with Crippen LogP contribution < -0.4 is 9.44 Å². The van der Waals surface area contributed by atoms with Crippen molar-refractivity contribution in [1.82, 2.24) is 9.44 Å². The van der Waals surface area contributed by atoms with E-state index >= 15 is 0 Å². The molecule has 20 heavy (non-hydrogen) atoms. The van der Waals surface area contributed by atoms with Gasteiger partial charge in [-0.25, -0.2) is 26.3 Å². The van der Waals surface area contributed by atoms with Crippen molar-refractivity contribution in [3.8, 4) is 0 Å². The summed E-state index contributed by atoms with van der Waals surface area (Å²) in [5.41, 5.74) is 0. The van der Waals surface area contributed by atoms with Gasteiger partial charge in [-0.1, -0.05) is 11.6 Å². The van der Waals surface area contributed by atoms with E-state index < -0.39 is 20.0 Å². The Morgan fingerprint density at radius 1 is 1.15 bits per heavy atom. The van der Waals surface area contributed by atoms with Crippen molar-refractivity contribution in [2.75, 3.05) is 19.3 Å². The van der Waals surface area contributed by atoms with Crippen molar-refractivity contribution < 1.29 is 16.8 Å². The van der Waals surface area contributed by atoms with Gasteiger partial charge in [-0.3, -0.25) is 0 Å². The average molecular weight is 406 g/mol. The minimum Gasteiger partial charge on any atom is -0.215 e. The van der Waals surface area contributed by atoms with Crippen LogP contribution in [0, 0.1) is 0 Å². The summed E-state index contributed by atoms with van der Waals surface area (Å²) < 4.78 is 50.7. The number of sulfonamides is 2. The second kappa shape index (κ2) is 7.19. The van der Waals surface area contributed by atoms with Crippen molar-refractivity contribution >= 4 is 47.6 Å². The molecule has 0 saturated heterocycles. The lowest BCUT2D eigenvalue weighted by atomic mass is 10.4. The number of hydrogen-bond donors (Lipinski definition) is 2. The fourth-order valence-corrected chi connectivity index (χ4v) is 3.54. The van der Waals surface area contributed by atoms with Gasteiger partial charge >= 0.3 is 0 Å². The predicted molar refractivity (Wildman–Crippen MR) is 81.8 cm³/mol. The zero-order valence-corrected chi connectivity index (χ0v) is 14.5. The fraction of sp³-hybridized carbons (Fsp3) is 0.400. The zero-order chi connectivity index (χ0) is 15.4. The van der Waals surface area contributed by atoms with E-state index in [4.69, 9.17) is 11.6 Å². The topological polar surface area (TPSA) is 92.3 Å². The Morgan fingerprint density at radius 2 is 1.75 bits per heavy atom. The first-order valence-corrected chi connectivity index (χ1v) is 10.1. The van der Waals surface area contributed by atoms with E-state index in [1.54, 1.807) is 0 Å². The van der Waals surface area contributed by atoms with Crippen LogP contribution in [0.4, 0.5) is 0 Å². The number of hydrogen-bond acceptors (Lipinski definition) is 4. The van der Waals surface area contributed by atoms with E-state index in [-0.39, 0.29) is 18.0 Å². The van der Waals surface area contributed by atoms with Crippen LogP contribution in [0.1, 0.15) is 6.42 Å². The minimum atomic E-state index is -3.63. The van der Waals surface area contributed by atoms with Gasteiger partial charge in [-0.15, -0.1) is 0 Å².